The number of aromatic nitrogens is 2. The van der Waals surface area contributed by atoms with Gasteiger partial charge in [-0.1, -0.05) is 32.4 Å². The van der Waals surface area contributed by atoms with Crippen LogP contribution in [0.2, 0.25) is 5.02 Å². The second-order valence-electron chi connectivity index (χ2n) is 7.59. The average molecular weight is 495 g/mol. The predicted octanol–water partition coefficient (Wildman–Crippen LogP) is 4.84. The van der Waals surface area contributed by atoms with E-state index in [9.17, 15) is 17.6 Å². The number of nitrogens with zero attached hydrogens (tertiary/aromatic N) is 3. The van der Waals surface area contributed by atoms with Gasteiger partial charge in [0.15, 0.2) is 0 Å². The quantitative estimate of drug-likeness (QED) is 0.437. The molecule has 3 rings (SSSR count). The zero-order chi connectivity index (χ0) is 24.2. The SMILES string of the molecule is CCCn1c(CCC(=O)Nc2ccc(Cl)cc2F)nc2cc(S(=O)(=O)N(CC)CC)ccc21. The van der Waals surface area contributed by atoms with Crippen molar-refractivity contribution < 1.29 is 17.6 Å². The molecule has 1 amide bonds. The number of imidazole rings is 1. The predicted molar refractivity (Wildman–Crippen MR) is 128 cm³/mol. The van der Waals surface area contributed by atoms with Crippen molar-refractivity contribution in [3.8, 4) is 0 Å². The second kappa shape index (κ2) is 10.6. The van der Waals surface area contributed by atoms with Gasteiger partial charge in [-0.05, 0) is 42.8 Å². The number of carbonyl (C=O) groups is 1. The smallest absolute Gasteiger partial charge is 0.243 e. The van der Waals surface area contributed by atoms with Gasteiger partial charge < -0.3 is 9.88 Å². The van der Waals surface area contributed by atoms with Crippen LogP contribution in [0.5, 0.6) is 0 Å². The molecule has 0 aliphatic heterocycles. The molecule has 0 spiro atoms. The van der Waals surface area contributed by atoms with Crippen molar-refractivity contribution in [3.05, 3.63) is 53.1 Å². The Hall–Kier alpha value is -2.49. The molecule has 0 bridgehead atoms. The lowest BCUT2D eigenvalue weighted by Crippen LogP contribution is -2.30. The normalized spacial score (nSPS) is 11.9. The first kappa shape index (κ1) is 25.1. The summed E-state index contributed by atoms with van der Waals surface area (Å²) in [6.45, 7) is 7.08. The summed E-state index contributed by atoms with van der Waals surface area (Å²) in [5, 5.41) is 2.80. The van der Waals surface area contributed by atoms with E-state index in [0.717, 1.165) is 18.0 Å². The molecule has 0 unspecified atom stereocenters. The number of halogens is 2. The molecule has 0 aliphatic rings. The first-order valence-corrected chi connectivity index (χ1v) is 12.8. The Morgan fingerprint density at radius 2 is 1.88 bits per heavy atom. The van der Waals surface area contributed by atoms with E-state index in [1.54, 1.807) is 32.0 Å². The number of sulfonamides is 1. The van der Waals surface area contributed by atoms with Gasteiger partial charge in [-0.15, -0.1) is 0 Å². The number of benzene rings is 2. The van der Waals surface area contributed by atoms with Crippen molar-refractivity contribution in [1.82, 2.24) is 13.9 Å². The molecule has 0 saturated carbocycles. The molecule has 1 N–H and O–H groups in total. The fourth-order valence-corrected chi connectivity index (χ4v) is 5.36. The van der Waals surface area contributed by atoms with Crippen molar-refractivity contribution in [2.75, 3.05) is 18.4 Å². The summed E-state index contributed by atoms with van der Waals surface area (Å²) in [4.78, 5) is 17.2. The summed E-state index contributed by atoms with van der Waals surface area (Å²) in [5.41, 5.74) is 1.45. The standard InChI is InChI=1S/C23H28ClFN4O3S/c1-4-13-29-21-10-8-17(33(31,32)28(5-2)6-3)15-20(21)26-22(29)11-12-23(30)27-19-9-7-16(24)14-18(19)25/h7-10,14-15H,4-6,11-13H2,1-3H3,(H,27,30). The lowest BCUT2D eigenvalue weighted by molar-refractivity contribution is -0.116. The third kappa shape index (κ3) is 5.54. The van der Waals surface area contributed by atoms with Gasteiger partial charge >= 0.3 is 0 Å². The van der Waals surface area contributed by atoms with Gasteiger partial charge in [0.25, 0.3) is 0 Å². The number of hydrogen-bond acceptors (Lipinski definition) is 4. The molecular weight excluding hydrogens is 467 g/mol. The lowest BCUT2D eigenvalue weighted by Gasteiger charge is -2.18. The van der Waals surface area contributed by atoms with Crippen LogP contribution < -0.4 is 5.32 Å². The summed E-state index contributed by atoms with van der Waals surface area (Å²) in [5.74, 6) is -0.275. The van der Waals surface area contributed by atoms with Crippen LogP contribution in [0.3, 0.4) is 0 Å². The third-order valence-electron chi connectivity index (χ3n) is 5.37. The molecular formula is C23H28ClFN4O3S. The highest BCUT2D eigenvalue weighted by Gasteiger charge is 2.23. The summed E-state index contributed by atoms with van der Waals surface area (Å²) >= 11 is 5.75. The van der Waals surface area contributed by atoms with Gasteiger partial charge in [0.05, 0.1) is 21.6 Å². The zero-order valence-corrected chi connectivity index (χ0v) is 20.5. The van der Waals surface area contributed by atoms with Crippen LogP contribution in [-0.4, -0.2) is 41.3 Å². The zero-order valence-electron chi connectivity index (χ0n) is 18.9. The maximum absolute atomic E-state index is 14.0. The molecule has 178 valence electrons. The van der Waals surface area contributed by atoms with E-state index in [4.69, 9.17) is 11.6 Å². The maximum Gasteiger partial charge on any atom is 0.243 e. The van der Waals surface area contributed by atoms with E-state index in [1.807, 2.05) is 11.5 Å². The highest BCUT2D eigenvalue weighted by molar-refractivity contribution is 7.89. The fraction of sp³-hybridized carbons (Fsp3) is 0.391. The van der Waals surface area contributed by atoms with E-state index in [2.05, 4.69) is 10.3 Å². The first-order valence-electron chi connectivity index (χ1n) is 10.9. The molecule has 1 heterocycles. The molecule has 0 radical (unpaired) electrons. The summed E-state index contributed by atoms with van der Waals surface area (Å²) < 4.78 is 43.1. The van der Waals surface area contributed by atoms with E-state index in [1.165, 1.54) is 16.4 Å². The Morgan fingerprint density at radius 1 is 1.15 bits per heavy atom. The molecule has 3 aromatic rings. The topological polar surface area (TPSA) is 84.3 Å². The highest BCUT2D eigenvalue weighted by Crippen LogP contribution is 2.24. The molecule has 10 heteroatoms. The molecule has 33 heavy (non-hydrogen) atoms. The average Bonchev–Trinajstić information content (AvgIpc) is 3.12. The lowest BCUT2D eigenvalue weighted by atomic mass is 10.2. The third-order valence-corrected chi connectivity index (χ3v) is 7.65. The largest absolute Gasteiger partial charge is 0.328 e. The van der Waals surface area contributed by atoms with E-state index >= 15 is 0 Å². The molecule has 0 fully saturated rings. The van der Waals surface area contributed by atoms with Crippen LogP contribution in [0.1, 0.15) is 39.4 Å². The summed E-state index contributed by atoms with van der Waals surface area (Å²) in [7, 11) is -3.60. The van der Waals surface area contributed by atoms with Gasteiger partial charge in [0, 0.05) is 37.5 Å². The van der Waals surface area contributed by atoms with Crippen molar-refractivity contribution in [3.63, 3.8) is 0 Å². The van der Waals surface area contributed by atoms with Crippen LogP contribution in [0, 0.1) is 5.82 Å². The van der Waals surface area contributed by atoms with Crippen LogP contribution in [0.15, 0.2) is 41.3 Å². The first-order chi connectivity index (χ1) is 15.7. The highest BCUT2D eigenvalue weighted by atomic mass is 35.5. The number of carbonyl (C=O) groups excluding carboxylic acids is 1. The van der Waals surface area contributed by atoms with E-state index < -0.39 is 15.8 Å². The molecule has 7 nitrogen and oxygen atoms in total. The number of nitrogens with one attached hydrogen (secondary N) is 1. The number of aryl methyl sites for hydroxylation is 2. The van der Waals surface area contributed by atoms with E-state index in [-0.39, 0.29) is 27.9 Å². The molecule has 0 saturated heterocycles. The minimum atomic E-state index is -3.60. The van der Waals surface area contributed by atoms with Crippen molar-refractivity contribution in [2.45, 2.75) is 51.5 Å². The molecule has 2 aromatic carbocycles. The van der Waals surface area contributed by atoms with Crippen LogP contribution >= 0.6 is 11.6 Å². The summed E-state index contributed by atoms with van der Waals surface area (Å²) in [6.07, 6.45) is 1.27. The number of anilines is 1. The second-order valence-corrected chi connectivity index (χ2v) is 9.97. The Balaban J connectivity index is 1.84. The summed E-state index contributed by atoms with van der Waals surface area (Å²) in [6, 6.07) is 9.01. The van der Waals surface area contributed by atoms with Crippen molar-refractivity contribution >= 4 is 44.3 Å². The van der Waals surface area contributed by atoms with Crippen LogP contribution in [0.25, 0.3) is 11.0 Å². The minimum absolute atomic E-state index is 0.0673. The number of hydrogen-bond donors (Lipinski definition) is 1. The molecule has 0 atom stereocenters. The van der Waals surface area contributed by atoms with Gasteiger partial charge in [-0.25, -0.2) is 17.8 Å². The Bertz CT molecular complexity index is 1260. The Morgan fingerprint density at radius 3 is 2.52 bits per heavy atom. The fourth-order valence-electron chi connectivity index (χ4n) is 3.73. The monoisotopic (exact) mass is 494 g/mol. The van der Waals surface area contributed by atoms with Crippen LogP contribution in [-0.2, 0) is 27.8 Å². The molecule has 1 aromatic heterocycles. The van der Waals surface area contributed by atoms with Crippen molar-refractivity contribution in [1.29, 1.82) is 0 Å². The van der Waals surface area contributed by atoms with E-state index in [0.29, 0.717) is 37.4 Å². The maximum atomic E-state index is 14.0. The molecule has 0 aliphatic carbocycles. The van der Waals surface area contributed by atoms with Crippen molar-refractivity contribution in [2.24, 2.45) is 0 Å². The van der Waals surface area contributed by atoms with Crippen LogP contribution in [0.4, 0.5) is 10.1 Å². The Kier molecular flexibility index (Phi) is 8.10. The Labute approximate surface area is 198 Å². The van der Waals surface area contributed by atoms with Gasteiger partial charge in [-0.2, -0.15) is 4.31 Å². The van der Waals surface area contributed by atoms with Gasteiger partial charge in [0.1, 0.15) is 11.6 Å². The minimum Gasteiger partial charge on any atom is -0.328 e. The number of amides is 1. The van der Waals surface area contributed by atoms with Gasteiger partial charge in [-0.3, -0.25) is 4.79 Å². The van der Waals surface area contributed by atoms with Gasteiger partial charge in [0.2, 0.25) is 15.9 Å². The number of fused-ring (bicyclic) bond motifs is 1. The number of rotatable bonds is 10.